The Morgan fingerprint density at radius 3 is 2.25 bits per heavy atom. The molecule has 0 aliphatic carbocycles. The van der Waals surface area contributed by atoms with Crippen molar-refractivity contribution in [3.63, 3.8) is 0 Å². The maximum atomic E-state index is 12.5. The SMILES string of the molecule is Cc1cc(C(=O)CN(C)[C@@H](C)c2ccc(S(C)(=O)=O)cc2)c(C)[nH]1. The molecule has 6 heteroatoms. The summed E-state index contributed by atoms with van der Waals surface area (Å²) >= 11 is 0. The highest BCUT2D eigenvalue weighted by Gasteiger charge is 2.18. The molecule has 24 heavy (non-hydrogen) atoms. The van der Waals surface area contributed by atoms with E-state index in [1.807, 2.05) is 38.8 Å². The molecule has 2 aromatic rings. The average Bonchev–Trinajstić information content (AvgIpc) is 2.84. The van der Waals surface area contributed by atoms with Crippen molar-refractivity contribution in [3.8, 4) is 0 Å². The van der Waals surface area contributed by atoms with Crippen LogP contribution in [0.15, 0.2) is 35.2 Å². The summed E-state index contributed by atoms with van der Waals surface area (Å²) in [6.45, 7) is 6.12. The Hall–Kier alpha value is -1.92. The summed E-state index contributed by atoms with van der Waals surface area (Å²) in [6.07, 6.45) is 1.19. The number of aromatic amines is 1. The number of sulfone groups is 1. The van der Waals surface area contributed by atoms with E-state index in [0.29, 0.717) is 11.4 Å². The van der Waals surface area contributed by atoms with Crippen LogP contribution in [0.4, 0.5) is 0 Å². The van der Waals surface area contributed by atoms with Crippen LogP contribution in [0, 0.1) is 13.8 Å². The molecule has 0 unspecified atom stereocenters. The number of hydrogen-bond donors (Lipinski definition) is 1. The number of likely N-dealkylation sites (N-methyl/N-ethyl adjacent to an activating group) is 1. The van der Waals surface area contributed by atoms with E-state index in [1.165, 1.54) is 6.26 Å². The molecule has 1 heterocycles. The molecular weight excluding hydrogens is 324 g/mol. The highest BCUT2D eigenvalue weighted by Crippen LogP contribution is 2.21. The van der Waals surface area contributed by atoms with Gasteiger partial charge in [-0.3, -0.25) is 9.69 Å². The summed E-state index contributed by atoms with van der Waals surface area (Å²) in [6, 6.07) is 8.69. The molecule has 0 radical (unpaired) electrons. The largest absolute Gasteiger partial charge is 0.362 e. The maximum Gasteiger partial charge on any atom is 0.178 e. The van der Waals surface area contributed by atoms with Crippen molar-refractivity contribution in [3.05, 3.63) is 52.8 Å². The zero-order valence-corrected chi connectivity index (χ0v) is 15.6. The number of hydrogen-bond acceptors (Lipinski definition) is 4. The Labute approximate surface area is 143 Å². The number of nitrogens with one attached hydrogen (secondary N) is 1. The summed E-state index contributed by atoms with van der Waals surface area (Å²) in [5.74, 6) is 0.0685. The molecule has 0 amide bonds. The van der Waals surface area contributed by atoms with E-state index in [9.17, 15) is 13.2 Å². The van der Waals surface area contributed by atoms with Crippen LogP contribution in [0.25, 0.3) is 0 Å². The number of carbonyl (C=O) groups excluding carboxylic acids is 1. The fourth-order valence-electron chi connectivity index (χ4n) is 2.71. The van der Waals surface area contributed by atoms with Crippen molar-refractivity contribution >= 4 is 15.6 Å². The fraction of sp³-hybridized carbons (Fsp3) is 0.389. The molecule has 130 valence electrons. The van der Waals surface area contributed by atoms with E-state index in [4.69, 9.17) is 0 Å². The van der Waals surface area contributed by atoms with Gasteiger partial charge in [-0.15, -0.1) is 0 Å². The highest BCUT2D eigenvalue weighted by molar-refractivity contribution is 7.90. The van der Waals surface area contributed by atoms with Gasteiger partial charge >= 0.3 is 0 Å². The molecule has 0 aliphatic rings. The van der Waals surface area contributed by atoms with Crippen LogP contribution in [-0.4, -0.2) is 43.9 Å². The Bertz CT molecular complexity index is 836. The number of Topliss-reactive ketones (excluding diaryl/α,β-unsaturated/α-hetero) is 1. The van der Waals surface area contributed by atoms with Gasteiger partial charge < -0.3 is 4.98 Å². The van der Waals surface area contributed by atoms with Crippen LogP contribution in [0.1, 0.15) is 40.3 Å². The third-order valence-electron chi connectivity index (χ3n) is 4.29. The van der Waals surface area contributed by atoms with Crippen molar-refractivity contribution in [2.75, 3.05) is 19.8 Å². The van der Waals surface area contributed by atoms with Crippen LogP contribution >= 0.6 is 0 Å². The summed E-state index contributed by atoms with van der Waals surface area (Å²) in [4.78, 5) is 17.9. The number of carbonyl (C=O) groups is 1. The average molecular weight is 348 g/mol. The molecule has 1 N–H and O–H groups in total. The van der Waals surface area contributed by atoms with E-state index >= 15 is 0 Å². The topological polar surface area (TPSA) is 70.2 Å². The lowest BCUT2D eigenvalue weighted by Gasteiger charge is -2.24. The lowest BCUT2D eigenvalue weighted by Crippen LogP contribution is -2.29. The number of ketones is 1. The third kappa shape index (κ3) is 4.13. The van der Waals surface area contributed by atoms with Gasteiger partial charge in [0.25, 0.3) is 0 Å². The Morgan fingerprint density at radius 2 is 1.79 bits per heavy atom. The first-order valence-corrected chi connectivity index (χ1v) is 9.68. The van der Waals surface area contributed by atoms with Gasteiger partial charge in [-0.2, -0.15) is 0 Å². The Balaban J connectivity index is 2.10. The van der Waals surface area contributed by atoms with Crippen molar-refractivity contribution < 1.29 is 13.2 Å². The van der Waals surface area contributed by atoms with Gasteiger partial charge in [0.2, 0.25) is 0 Å². The normalized spacial score (nSPS) is 13.2. The zero-order valence-electron chi connectivity index (χ0n) is 14.8. The van der Waals surface area contributed by atoms with Gasteiger partial charge in [0, 0.05) is 29.2 Å². The summed E-state index contributed by atoms with van der Waals surface area (Å²) in [7, 11) is -1.30. The summed E-state index contributed by atoms with van der Waals surface area (Å²) < 4.78 is 23.1. The molecule has 0 fully saturated rings. The van der Waals surface area contributed by atoms with Gasteiger partial charge in [-0.1, -0.05) is 12.1 Å². The Kier molecular flexibility index (Phi) is 5.30. The van der Waals surface area contributed by atoms with E-state index < -0.39 is 9.84 Å². The second-order valence-corrected chi connectivity index (χ2v) is 8.36. The van der Waals surface area contributed by atoms with E-state index in [0.717, 1.165) is 22.5 Å². The second kappa shape index (κ2) is 6.91. The van der Waals surface area contributed by atoms with Crippen molar-refractivity contribution in [1.29, 1.82) is 0 Å². The highest BCUT2D eigenvalue weighted by atomic mass is 32.2. The van der Waals surface area contributed by atoms with Crippen LogP contribution in [0.2, 0.25) is 0 Å². The molecular formula is C18H24N2O3S. The smallest absolute Gasteiger partial charge is 0.178 e. The minimum atomic E-state index is -3.19. The first kappa shape index (κ1) is 18.4. The molecule has 2 rings (SSSR count). The lowest BCUT2D eigenvalue weighted by molar-refractivity contribution is 0.0924. The first-order chi connectivity index (χ1) is 11.1. The molecule has 0 bridgehead atoms. The molecule has 0 aliphatic heterocycles. The Morgan fingerprint density at radius 1 is 1.21 bits per heavy atom. The molecule has 1 atom stereocenters. The quantitative estimate of drug-likeness (QED) is 0.815. The number of aromatic nitrogens is 1. The van der Waals surface area contributed by atoms with Gasteiger partial charge in [0.15, 0.2) is 15.6 Å². The predicted molar refractivity (Wildman–Crippen MR) is 95.2 cm³/mol. The third-order valence-corrected chi connectivity index (χ3v) is 5.42. The molecule has 0 saturated carbocycles. The van der Waals surface area contributed by atoms with E-state index in [1.54, 1.807) is 24.3 Å². The second-order valence-electron chi connectivity index (χ2n) is 6.35. The van der Waals surface area contributed by atoms with Gasteiger partial charge in [0.1, 0.15) is 0 Å². The molecule has 0 saturated heterocycles. The zero-order chi connectivity index (χ0) is 18.1. The molecule has 1 aromatic heterocycles. The van der Waals surface area contributed by atoms with Crippen molar-refractivity contribution in [1.82, 2.24) is 9.88 Å². The number of rotatable bonds is 6. The van der Waals surface area contributed by atoms with Gasteiger partial charge in [-0.05, 0) is 51.6 Å². The van der Waals surface area contributed by atoms with E-state index in [-0.39, 0.29) is 11.8 Å². The molecule has 0 spiro atoms. The van der Waals surface area contributed by atoms with Gasteiger partial charge in [0.05, 0.1) is 11.4 Å². The lowest BCUT2D eigenvalue weighted by atomic mass is 10.1. The van der Waals surface area contributed by atoms with Crippen LogP contribution < -0.4 is 0 Å². The first-order valence-electron chi connectivity index (χ1n) is 7.79. The number of H-pyrrole nitrogens is 1. The van der Waals surface area contributed by atoms with Crippen LogP contribution in [0.5, 0.6) is 0 Å². The predicted octanol–water partition coefficient (Wildman–Crippen LogP) is 2.91. The van der Waals surface area contributed by atoms with E-state index in [2.05, 4.69) is 4.98 Å². The molecule has 5 nitrogen and oxygen atoms in total. The maximum absolute atomic E-state index is 12.5. The molecule has 1 aromatic carbocycles. The fourth-order valence-corrected chi connectivity index (χ4v) is 3.34. The number of benzene rings is 1. The minimum Gasteiger partial charge on any atom is -0.362 e. The van der Waals surface area contributed by atoms with Gasteiger partial charge in [-0.25, -0.2) is 8.42 Å². The van der Waals surface area contributed by atoms with Crippen molar-refractivity contribution in [2.45, 2.75) is 31.7 Å². The number of aryl methyl sites for hydroxylation is 2. The summed E-state index contributed by atoms with van der Waals surface area (Å²) in [5.41, 5.74) is 3.55. The van der Waals surface area contributed by atoms with Crippen LogP contribution in [0.3, 0.4) is 0 Å². The monoisotopic (exact) mass is 348 g/mol. The minimum absolute atomic E-state index is 0.00269. The summed E-state index contributed by atoms with van der Waals surface area (Å²) in [5, 5.41) is 0. The van der Waals surface area contributed by atoms with Crippen LogP contribution in [-0.2, 0) is 9.84 Å². The number of nitrogens with zero attached hydrogens (tertiary/aromatic N) is 1. The van der Waals surface area contributed by atoms with Crippen molar-refractivity contribution in [2.24, 2.45) is 0 Å². The standard InChI is InChI=1S/C18H24N2O3S/c1-12-10-17(13(2)19-12)18(21)11-20(4)14(3)15-6-8-16(9-7-15)24(5,22)23/h6-10,14,19H,11H2,1-5H3/t14-/m0/s1.